The van der Waals surface area contributed by atoms with E-state index < -0.39 is 17.5 Å². The third-order valence-electron chi connectivity index (χ3n) is 5.53. The third kappa shape index (κ3) is 4.25. The summed E-state index contributed by atoms with van der Waals surface area (Å²) in [6, 6.07) is 10.9. The van der Waals surface area contributed by atoms with E-state index in [4.69, 9.17) is 4.42 Å². The first kappa shape index (κ1) is 22.0. The largest absolute Gasteiger partial charge is 0.457 e. The minimum absolute atomic E-state index is 0.155. The molecule has 8 nitrogen and oxygen atoms in total. The van der Waals surface area contributed by atoms with Gasteiger partial charge in [-0.2, -0.15) is 0 Å². The van der Waals surface area contributed by atoms with Crippen LogP contribution in [0, 0.1) is 0 Å². The summed E-state index contributed by atoms with van der Waals surface area (Å²) >= 11 is 1.54. The molecule has 1 aliphatic rings. The Bertz CT molecular complexity index is 1110. The van der Waals surface area contributed by atoms with E-state index in [1.54, 1.807) is 6.07 Å². The summed E-state index contributed by atoms with van der Waals surface area (Å²) in [5.74, 6) is 0.456. The number of urea groups is 1. The number of thiazole rings is 1. The van der Waals surface area contributed by atoms with Gasteiger partial charge < -0.3 is 15.1 Å². The van der Waals surface area contributed by atoms with Gasteiger partial charge in [-0.05, 0) is 37.1 Å². The summed E-state index contributed by atoms with van der Waals surface area (Å²) in [5, 5.41) is 6.31. The molecule has 1 aliphatic heterocycles. The fraction of sp³-hybridized carbons (Fsp3) is 0.391. The summed E-state index contributed by atoms with van der Waals surface area (Å²) in [6.45, 7) is 3.78. The number of hydrogen-bond donors (Lipinski definition) is 2. The number of imide groups is 1. The smallest absolute Gasteiger partial charge is 0.325 e. The fourth-order valence-electron chi connectivity index (χ4n) is 4.09. The topological polar surface area (TPSA) is 105 Å². The Morgan fingerprint density at radius 3 is 2.62 bits per heavy atom. The molecule has 0 unspecified atom stereocenters. The molecule has 0 saturated carbocycles. The van der Waals surface area contributed by atoms with Crippen LogP contribution in [0.4, 0.5) is 4.79 Å². The van der Waals surface area contributed by atoms with Crippen molar-refractivity contribution in [1.29, 1.82) is 0 Å². The molecule has 9 heteroatoms. The van der Waals surface area contributed by atoms with Crippen molar-refractivity contribution >= 4 is 39.4 Å². The molecule has 0 bridgehead atoms. The molecule has 168 valence electrons. The maximum Gasteiger partial charge on any atom is 0.325 e. The summed E-state index contributed by atoms with van der Waals surface area (Å²) in [7, 11) is 0. The minimum Gasteiger partial charge on any atom is -0.457 e. The molecule has 0 spiro atoms. The van der Waals surface area contributed by atoms with Gasteiger partial charge in [-0.3, -0.25) is 14.5 Å². The minimum atomic E-state index is -0.895. The number of fused-ring (bicyclic) bond motifs is 1. The van der Waals surface area contributed by atoms with Gasteiger partial charge in [0.1, 0.15) is 17.8 Å². The SMILES string of the molecule is CCCC1(CCC)NC(=O)N(CC(=O)NCc2ccc(-c3nc4ccccc4s3)o2)C1=O. The van der Waals surface area contributed by atoms with Crippen LogP contribution in [-0.4, -0.2) is 39.8 Å². The second-order valence-corrected chi connectivity index (χ2v) is 8.96. The van der Waals surface area contributed by atoms with Gasteiger partial charge >= 0.3 is 6.03 Å². The quantitative estimate of drug-likeness (QED) is 0.475. The number of rotatable bonds is 9. The van der Waals surface area contributed by atoms with E-state index >= 15 is 0 Å². The second kappa shape index (κ2) is 9.12. The highest BCUT2D eigenvalue weighted by Crippen LogP contribution is 2.31. The lowest BCUT2D eigenvalue weighted by atomic mass is 9.88. The number of furan rings is 1. The van der Waals surface area contributed by atoms with E-state index in [0.29, 0.717) is 24.4 Å². The van der Waals surface area contributed by atoms with Crippen LogP contribution in [0.3, 0.4) is 0 Å². The average Bonchev–Trinajstić information content (AvgIpc) is 3.46. The zero-order chi connectivity index (χ0) is 22.7. The van der Waals surface area contributed by atoms with Gasteiger partial charge in [-0.1, -0.05) is 38.8 Å². The third-order valence-corrected chi connectivity index (χ3v) is 6.58. The number of para-hydroxylation sites is 1. The maximum absolute atomic E-state index is 12.9. The molecule has 32 heavy (non-hydrogen) atoms. The Labute approximate surface area is 190 Å². The van der Waals surface area contributed by atoms with Crippen molar-refractivity contribution in [3.8, 4) is 10.8 Å². The molecule has 4 amide bonds. The number of aromatic nitrogens is 1. The van der Waals surface area contributed by atoms with Gasteiger partial charge in [-0.15, -0.1) is 11.3 Å². The lowest BCUT2D eigenvalue weighted by Gasteiger charge is -2.25. The van der Waals surface area contributed by atoms with E-state index in [-0.39, 0.29) is 19.0 Å². The Morgan fingerprint density at radius 2 is 1.91 bits per heavy atom. The molecule has 3 aromatic rings. The van der Waals surface area contributed by atoms with Crippen molar-refractivity contribution in [1.82, 2.24) is 20.5 Å². The van der Waals surface area contributed by atoms with Crippen molar-refractivity contribution in [2.24, 2.45) is 0 Å². The fourth-order valence-corrected chi connectivity index (χ4v) is 5.02. The second-order valence-electron chi connectivity index (χ2n) is 7.93. The molecule has 0 atom stereocenters. The number of carbonyl (C=O) groups is 3. The van der Waals surface area contributed by atoms with Gasteiger partial charge in [0.2, 0.25) is 5.91 Å². The Morgan fingerprint density at radius 1 is 1.16 bits per heavy atom. The summed E-state index contributed by atoms with van der Waals surface area (Å²) in [5.41, 5.74) is 0.0168. The van der Waals surface area contributed by atoms with E-state index in [0.717, 1.165) is 33.0 Å². The predicted molar refractivity (Wildman–Crippen MR) is 122 cm³/mol. The molecule has 2 N–H and O–H groups in total. The lowest BCUT2D eigenvalue weighted by Crippen LogP contribution is -2.47. The van der Waals surface area contributed by atoms with Crippen LogP contribution in [0.15, 0.2) is 40.8 Å². The van der Waals surface area contributed by atoms with Crippen LogP contribution in [0.2, 0.25) is 0 Å². The Balaban J connectivity index is 1.36. The molecular weight excluding hydrogens is 428 g/mol. The number of hydrogen-bond acceptors (Lipinski definition) is 6. The van der Waals surface area contributed by atoms with Crippen LogP contribution in [0.5, 0.6) is 0 Å². The van der Waals surface area contributed by atoms with Crippen molar-refractivity contribution in [3.63, 3.8) is 0 Å². The first-order valence-corrected chi connectivity index (χ1v) is 11.6. The van der Waals surface area contributed by atoms with E-state index in [1.165, 1.54) is 11.3 Å². The van der Waals surface area contributed by atoms with E-state index in [9.17, 15) is 14.4 Å². The maximum atomic E-state index is 12.9. The molecule has 0 radical (unpaired) electrons. The van der Waals surface area contributed by atoms with Crippen LogP contribution in [0.25, 0.3) is 21.0 Å². The first-order chi connectivity index (χ1) is 15.5. The highest BCUT2D eigenvalue weighted by atomic mass is 32.1. The van der Waals surface area contributed by atoms with Crippen molar-refractivity contribution < 1.29 is 18.8 Å². The number of carbonyl (C=O) groups excluding carboxylic acids is 3. The Kier molecular flexibility index (Phi) is 6.27. The Hall–Kier alpha value is -3.20. The average molecular weight is 455 g/mol. The van der Waals surface area contributed by atoms with Gasteiger partial charge in [0, 0.05) is 0 Å². The standard InChI is InChI=1S/C23H26N4O4S/c1-3-11-23(12-4-2)21(29)27(22(30)26-23)14-19(28)24-13-15-9-10-17(31-15)20-25-16-7-5-6-8-18(16)32-20/h5-10H,3-4,11-14H2,1-2H3,(H,24,28)(H,26,30). The number of nitrogens with zero attached hydrogens (tertiary/aromatic N) is 2. The van der Waals surface area contributed by atoms with Crippen LogP contribution >= 0.6 is 11.3 Å². The number of nitrogens with one attached hydrogen (secondary N) is 2. The highest BCUT2D eigenvalue weighted by molar-refractivity contribution is 7.21. The van der Waals surface area contributed by atoms with Crippen LogP contribution in [-0.2, 0) is 16.1 Å². The van der Waals surface area contributed by atoms with Gasteiger partial charge in [0.25, 0.3) is 5.91 Å². The highest BCUT2D eigenvalue weighted by Gasteiger charge is 2.50. The number of amides is 4. The lowest BCUT2D eigenvalue weighted by molar-refractivity contribution is -0.135. The van der Waals surface area contributed by atoms with E-state index in [1.807, 2.05) is 44.2 Å². The van der Waals surface area contributed by atoms with Crippen molar-refractivity contribution in [3.05, 3.63) is 42.2 Å². The number of benzene rings is 1. The zero-order valence-corrected chi connectivity index (χ0v) is 19.0. The molecule has 3 heterocycles. The summed E-state index contributed by atoms with van der Waals surface area (Å²) in [4.78, 5) is 43.3. The van der Waals surface area contributed by atoms with E-state index in [2.05, 4.69) is 15.6 Å². The molecule has 4 rings (SSSR count). The molecule has 1 fully saturated rings. The van der Waals surface area contributed by atoms with Crippen molar-refractivity contribution in [2.75, 3.05) is 6.54 Å². The molecule has 1 aromatic carbocycles. The molecule has 1 saturated heterocycles. The van der Waals surface area contributed by atoms with Gasteiger partial charge in [0.15, 0.2) is 10.8 Å². The van der Waals surface area contributed by atoms with Gasteiger partial charge in [-0.25, -0.2) is 9.78 Å². The molecule has 0 aliphatic carbocycles. The van der Waals surface area contributed by atoms with Gasteiger partial charge in [0.05, 0.1) is 16.8 Å². The molecular formula is C23H26N4O4S. The van der Waals surface area contributed by atoms with Crippen molar-refractivity contribution in [2.45, 2.75) is 51.6 Å². The predicted octanol–water partition coefficient (Wildman–Crippen LogP) is 4.06. The normalized spacial score (nSPS) is 15.4. The van der Waals surface area contributed by atoms with Crippen LogP contribution in [0.1, 0.15) is 45.3 Å². The molecule has 2 aromatic heterocycles. The summed E-state index contributed by atoms with van der Waals surface area (Å²) < 4.78 is 6.91. The monoisotopic (exact) mass is 454 g/mol. The summed E-state index contributed by atoms with van der Waals surface area (Å²) in [6.07, 6.45) is 2.65. The zero-order valence-electron chi connectivity index (χ0n) is 18.1. The first-order valence-electron chi connectivity index (χ1n) is 10.8. The van der Waals surface area contributed by atoms with Crippen LogP contribution < -0.4 is 10.6 Å².